The van der Waals surface area contributed by atoms with Gasteiger partial charge in [-0.3, -0.25) is 0 Å². The summed E-state index contributed by atoms with van der Waals surface area (Å²) in [5, 5.41) is 2.68. The van der Waals surface area contributed by atoms with E-state index >= 15 is 0 Å². The van der Waals surface area contributed by atoms with Crippen LogP contribution in [0.4, 0.5) is 13.2 Å². The van der Waals surface area contributed by atoms with E-state index in [1.54, 1.807) is 0 Å². The Morgan fingerprint density at radius 1 is 1.11 bits per heavy atom. The highest BCUT2D eigenvalue weighted by Crippen LogP contribution is 2.36. The van der Waals surface area contributed by atoms with E-state index in [2.05, 4.69) is 4.98 Å². The molecule has 0 unspecified atom stereocenters. The van der Waals surface area contributed by atoms with Gasteiger partial charge in [0, 0.05) is 0 Å². The predicted molar refractivity (Wildman–Crippen MR) is 67.9 cm³/mol. The van der Waals surface area contributed by atoms with Gasteiger partial charge in [0.15, 0.2) is 0 Å². The smallest absolute Gasteiger partial charge is 0.235 e. The predicted octanol–water partition coefficient (Wildman–Crippen LogP) is 5.04. The van der Waals surface area contributed by atoms with Crippen molar-refractivity contribution >= 4 is 32.9 Å². The van der Waals surface area contributed by atoms with Crippen LogP contribution in [0.5, 0.6) is 0 Å². The van der Waals surface area contributed by atoms with Crippen LogP contribution in [-0.2, 0) is 6.18 Å². The Morgan fingerprint density at radius 3 is 2.61 bits per heavy atom. The zero-order valence-corrected chi connectivity index (χ0v) is 10.5. The summed E-state index contributed by atoms with van der Waals surface area (Å²) in [4.78, 5) is 5.32. The Labute approximate surface area is 109 Å². The largest absolute Gasteiger partial charge is 0.416 e. The lowest BCUT2D eigenvalue weighted by Gasteiger charge is -2.04. The number of hydrogen-bond acceptors (Lipinski definition) is 3. The van der Waals surface area contributed by atoms with Crippen molar-refractivity contribution < 1.29 is 13.2 Å². The Balaban J connectivity index is 2.13. The summed E-state index contributed by atoms with van der Waals surface area (Å²) in [5.74, 6) is 0. The molecule has 0 aliphatic heterocycles. The molecule has 1 nitrogen and oxygen atoms in total. The number of thiophene rings is 1. The zero-order chi connectivity index (χ0) is 12.8. The standard InChI is InChI=1S/C12H6F3NS2/c13-12(14,15)7-3-4-8-10(6-7)18-11(16-8)9-2-1-5-17-9/h1-6H. The van der Waals surface area contributed by atoms with Crippen molar-refractivity contribution in [1.82, 2.24) is 4.98 Å². The van der Waals surface area contributed by atoms with Crippen molar-refractivity contribution in [2.24, 2.45) is 0 Å². The summed E-state index contributed by atoms with van der Waals surface area (Å²) in [6.45, 7) is 0. The normalized spacial score (nSPS) is 12.2. The fourth-order valence-electron chi connectivity index (χ4n) is 1.61. The van der Waals surface area contributed by atoms with E-state index in [4.69, 9.17) is 0 Å². The monoisotopic (exact) mass is 285 g/mol. The number of nitrogens with zero attached hydrogens (tertiary/aromatic N) is 1. The van der Waals surface area contributed by atoms with Crippen LogP contribution >= 0.6 is 22.7 Å². The van der Waals surface area contributed by atoms with Gasteiger partial charge in [-0.25, -0.2) is 4.98 Å². The summed E-state index contributed by atoms with van der Waals surface area (Å²) < 4.78 is 38.3. The summed E-state index contributed by atoms with van der Waals surface area (Å²) in [5.41, 5.74) is -0.0206. The van der Waals surface area contributed by atoms with E-state index in [0.29, 0.717) is 10.2 Å². The van der Waals surface area contributed by atoms with Crippen molar-refractivity contribution in [1.29, 1.82) is 0 Å². The van der Waals surface area contributed by atoms with Gasteiger partial charge in [0.1, 0.15) is 5.01 Å². The topological polar surface area (TPSA) is 12.9 Å². The Bertz CT molecular complexity index is 683. The molecule has 0 spiro atoms. The number of thiazole rings is 1. The average molecular weight is 285 g/mol. The first-order valence-corrected chi connectivity index (χ1v) is 6.75. The SMILES string of the molecule is FC(F)(F)c1ccc2nc(-c3cccs3)sc2c1. The first-order valence-electron chi connectivity index (χ1n) is 5.06. The van der Waals surface area contributed by atoms with Crippen LogP contribution in [0.3, 0.4) is 0 Å². The lowest BCUT2D eigenvalue weighted by Crippen LogP contribution is -2.03. The number of aromatic nitrogens is 1. The highest BCUT2D eigenvalue weighted by molar-refractivity contribution is 7.25. The van der Waals surface area contributed by atoms with Crippen LogP contribution in [-0.4, -0.2) is 4.98 Å². The van der Waals surface area contributed by atoms with E-state index in [9.17, 15) is 13.2 Å². The summed E-state index contributed by atoms with van der Waals surface area (Å²) >= 11 is 2.81. The molecule has 2 heterocycles. The maximum atomic E-state index is 12.6. The maximum Gasteiger partial charge on any atom is 0.416 e. The molecule has 3 aromatic rings. The number of rotatable bonds is 1. The van der Waals surface area contributed by atoms with Crippen LogP contribution in [0.25, 0.3) is 20.1 Å². The van der Waals surface area contributed by atoms with Crippen LogP contribution in [0, 0.1) is 0 Å². The van der Waals surface area contributed by atoms with Crippen LogP contribution in [0.1, 0.15) is 5.56 Å². The van der Waals surface area contributed by atoms with Gasteiger partial charge in [0.2, 0.25) is 0 Å². The van der Waals surface area contributed by atoms with Gasteiger partial charge in [-0.05, 0) is 29.6 Å². The van der Waals surface area contributed by atoms with E-state index in [1.807, 2.05) is 17.5 Å². The van der Waals surface area contributed by atoms with Crippen molar-refractivity contribution in [3.05, 3.63) is 41.3 Å². The van der Waals surface area contributed by atoms with E-state index in [0.717, 1.165) is 22.0 Å². The van der Waals surface area contributed by atoms with Gasteiger partial charge in [-0.2, -0.15) is 13.2 Å². The van der Waals surface area contributed by atoms with Crippen molar-refractivity contribution in [3.63, 3.8) is 0 Å². The molecule has 0 fully saturated rings. The molecule has 0 aliphatic carbocycles. The molecule has 3 rings (SSSR count). The van der Waals surface area contributed by atoms with Crippen LogP contribution in [0.15, 0.2) is 35.7 Å². The second-order valence-corrected chi connectivity index (χ2v) is 5.65. The van der Waals surface area contributed by atoms with E-state index in [-0.39, 0.29) is 0 Å². The van der Waals surface area contributed by atoms with Crippen molar-refractivity contribution in [2.45, 2.75) is 6.18 Å². The quantitative estimate of drug-likeness (QED) is 0.610. The number of alkyl halides is 3. The first-order chi connectivity index (χ1) is 8.54. The molecule has 92 valence electrons. The number of halogens is 3. The fourth-order valence-corrected chi connectivity index (χ4v) is 3.41. The third-order valence-electron chi connectivity index (χ3n) is 2.45. The molecule has 6 heteroatoms. The van der Waals surface area contributed by atoms with Gasteiger partial charge in [0.25, 0.3) is 0 Å². The molecule has 0 aliphatic rings. The number of benzene rings is 1. The second-order valence-electron chi connectivity index (χ2n) is 3.68. The molecular formula is C12H6F3NS2. The Hall–Kier alpha value is -1.40. The maximum absolute atomic E-state index is 12.6. The fraction of sp³-hybridized carbons (Fsp3) is 0.0833. The van der Waals surface area contributed by atoms with Gasteiger partial charge >= 0.3 is 6.18 Å². The minimum absolute atomic E-state index is 0.563. The average Bonchev–Trinajstić information content (AvgIpc) is 2.95. The van der Waals surface area contributed by atoms with Gasteiger partial charge < -0.3 is 0 Å². The molecule has 0 atom stereocenters. The highest BCUT2D eigenvalue weighted by atomic mass is 32.1. The Kier molecular flexibility index (Phi) is 2.64. The molecule has 0 radical (unpaired) electrons. The molecule has 0 N–H and O–H groups in total. The lowest BCUT2D eigenvalue weighted by atomic mass is 10.2. The zero-order valence-electron chi connectivity index (χ0n) is 8.86. The third-order valence-corrected chi connectivity index (χ3v) is 4.50. The number of fused-ring (bicyclic) bond motifs is 1. The van der Waals surface area contributed by atoms with Gasteiger partial charge in [-0.1, -0.05) is 6.07 Å². The molecule has 1 aromatic carbocycles. The van der Waals surface area contributed by atoms with Crippen molar-refractivity contribution in [2.75, 3.05) is 0 Å². The summed E-state index contributed by atoms with van der Waals surface area (Å²) in [6, 6.07) is 7.45. The van der Waals surface area contributed by atoms with Gasteiger partial charge in [-0.15, -0.1) is 22.7 Å². The summed E-state index contributed by atoms with van der Waals surface area (Å²) in [7, 11) is 0. The van der Waals surface area contributed by atoms with Crippen LogP contribution in [0.2, 0.25) is 0 Å². The third kappa shape index (κ3) is 2.02. The number of hydrogen-bond donors (Lipinski definition) is 0. The first kappa shape index (κ1) is 11.7. The van der Waals surface area contributed by atoms with E-state index in [1.165, 1.54) is 28.7 Å². The highest BCUT2D eigenvalue weighted by Gasteiger charge is 2.30. The molecule has 0 saturated carbocycles. The Morgan fingerprint density at radius 2 is 1.94 bits per heavy atom. The van der Waals surface area contributed by atoms with Crippen molar-refractivity contribution in [3.8, 4) is 9.88 Å². The molecule has 0 amide bonds. The summed E-state index contributed by atoms with van der Waals surface area (Å²) in [6.07, 6.45) is -4.30. The minimum atomic E-state index is -4.30. The van der Waals surface area contributed by atoms with Gasteiger partial charge in [0.05, 0.1) is 20.7 Å². The molecule has 18 heavy (non-hydrogen) atoms. The molecule has 0 bridgehead atoms. The molecule has 2 aromatic heterocycles. The van der Waals surface area contributed by atoms with Crippen LogP contribution < -0.4 is 0 Å². The minimum Gasteiger partial charge on any atom is -0.235 e. The second kappa shape index (κ2) is 4.07. The van der Waals surface area contributed by atoms with E-state index < -0.39 is 11.7 Å². The molecule has 0 saturated heterocycles. The molecular weight excluding hydrogens is 279 g/mol. The lowest BCUT2D eigenvalue weighted by molar-refractivity contribution is -0.137.